The van der Waals surface area contributed by atoms with Crippen LogP contribution in [0, 0.1) is 6.92 Å². The lowest BCUT2D eigenvalue weighted by atomic mass is 10.1. The molecule has 2 aromatic rings. The first-order valence-electron chi connectivity index (χ1n) is 9.55. The van der Waals surface area contributed by atoms with Crippen LogP contribution in [-0.2, 0) is 10.0 Å². The lowest BCUT2D eigenvalue weighted by Crippen LogP contribution is -3.11. The third kappa shape index (κ3) is 4.89. The van der Waals surface area contributed by atoms with E-state index in [0.29, 0.717) is 11.4 Å². The van der Waals surface area contributed by atoms with E-state index in [0.717, 1.165) is 24.3 Å². The zero-order chi connectivity index (χ0) is 19.4. The first-order valence-corrected chi connectivity index (χ1v) is 11.0. The van der Waals surface area contributed by atoms with Gasteiger partial charge >= 0.3 is 0 Å². The normalized spacial score (nSPS) is 16.4. The van der Waals surface area contributed by atoms with Gasteiger partial charge in [-0.3, -0.25) is 0 Å². The highest BCUT2D eigenvalue weighted by Gasteiger charge is 2.29. The molecule has 1 atom stereocenters. The highest BCUT2D eigenvalue weighted by molar-refractivity contribution is 7.89. The van der Waals surface area contributed by atoms with Gasteiger partial charge in [0.05, 0.1) is 24.5 Å². The molecule has 0 bridgehead atoms. The number of benzene rings is 2. The number of quaternary nitrogens is 1. The van der Waals surface area contributed by atoms with Crippen LogP contribution >= 0.6 is 0 Å². The van der Waals surface area contributed by atoms with Crippen LogP contribution in [0.3, 0.4) is 0 Å². The third-order valence-electron chi connectivity index (χ3n) is 5.36. The molecule has 1 heterocycles. The average Bonchev–Trinajstić information content (AvgIpc) is 3.17. The minimum absolute atomic E-state index is 0.129. The number of sulfonamides is 1. The summed E-state index contributed by atoms with van der Waals surface area (Å²) in [6, 6.07) is 15.6. The highest BCUT2D eigenvalue weighted by atomic mass is 32.2. The largest absolute Gasteiger partial charge is 0.378 e. The summed E-state index contributed by atoms with van der Waals surface area (Å²) in [4.78, 5) is 3.85. The molecule has 2 N–H and O–H groups in total. The van der Waals surface area contributed by atoms with Crippen molar-refractivity contribution in [3.05, 3.63) is 59.7 Å². The van der Waals surface area contributed by atoms with Gasteiger partial charge in [0, 0.05) is 38.2 Å². The molecule has 1 aliphatic rings. The van der Waals surface area contributed by atoms with Crippen LogP contribution in [-0.4, -0.2) is 42.1 Å². The van der Waals surface area contributed by atoms with Crippen LogP contribution in [0.15, 0.2) is 53.4 Å². The van der Waals surface area contributed by atoms with Crippen molar-refractivity contribution in [1.82, 2.24) is 4.72 Å². The Morgan fingerprint density at radius 2 is 1.59 bits per heavy atom. The van der Waals surface area contributed by atoms with Gasteiger partial charge < -0.3 is 9.80 Å². The van der Waals surface area contributed by atoms with Gasteiger partial charge in [-0.25, -0.2) is 13.1 Å². The van der Waals surface area contributed by atoms with Crippen LogP contribution in [0.4, 0.5) is 5.69 Å². The number of aryl methyl sites for hydroxylation is 1. The van der Waals surface area contributed by atoms with E-state index < -0.39 is 10.0 Å². The van der Waals surface area contributed by atoms with Crippen molar-refractivity contribution in [1.29, 1.82) is 0 Å². The Labute approximate surface area is 163 Å². The van der Waals surface area contributed by atoms with Gasteiger partial charge in [0.1, 0.15) is 6.04 Å². The van der Waals surface area contributed by atoms with E-state index in [-0.39, 0.29) is 6.04 Å². The first-order chi connectivity index (χ1) is 12.9. The Morgan fingerprint density at radius 3 is 2.15 bits per heavy atom. The maximum absolute atomic E-state index is 12.7. The molecular formula is C21H30N3O2S+. The monoisotopic (exact) mass is 388 g/mol. The minimum Gasteiger partial charge on any atom is -0.378 e. The topological polar surface area (TPSA) is 53.9 Å². The summed E-state index contributed by atoms with van der Waals surface area (Å²) in [5.74, 6) is 0. The zero-order valence-corrected chi connectivity index (χ0v) is 17.2. The molecule has 0 unspecified atom stereocenters. The molecule has 1 saturated heterocycles. The summed E-state index contributed by atoms with van der Waals surface area (Å²) in [6.07, 6.45) is 2.40. The number of hydrogen-bond acceptors (Lipinski definition) is 3. The van der Waals surface area contributed by atoms with Gasteiger partial charge in [-0.05, 0) is 31.2 Å². The van der Waals surface area contributed by atoms with E-state index in [4.69, 9.17) is 0 Å². The quantitative estimate of drug-likeness (QED) is 0.760. The molecule has 0 radical (unpaired) electrons. The van der Waals surface area contributed by atoms with E-state index in [9.17, 15) is 8.42 Å². The smallest absolute Gasteiger partial charge is 0.240 e. The molecule has 2 aromatic carbocycles. The molecule has 27 heavy (non-hydrogen) atoms. The number of likely N-dealkylation sites (tertiary alicyclic amines) is 1. The molecule has 0 aliphatic carbocycles. The predicted octanol–water partition coefficient (Wildman–Crippen LogP) is 1.76. The van der Waals surface area contributed by atoms with Crippen LogP contribution in [0.25, 0.3) is 0 Å². The summed E-state index contributed by atoms with van der Waals surface area (Å²) in [5.41, 5.74) is 3.38. The predicted molar refractivity (Wildman–Crippen MR) is 110 cm³/mol. The third-order valence-corrected chi connectivity index (χ3v) is 6.80. The van der Waals surface area contributed by atoms with Crippen molar-refractivity contribution in [3.8, 4) is 0 Å². The summed E-state index contributed by atoms with van der Waals surface area (Å²) < 4.78 is 28.3. The fourth-order valence-electron chi connectivity index (χ4n) is 3.67. The van der Waals surface area contributed by atoms with Crippen molar-refractivity contribution in [2.75, 3.05) is 38.6 Å². The molecule has 5 nitrogen and oxygen atoms in total. The molecule has 1 fully saturated rings. The second-order valence-electron chi connectivity index (χ2n) is 7.57. The molecule has 3 rings (SSSR count). The lowest BCUT2D eigenvalue weighted by Gasteiger charge is -2.26. The van der Waals surface area contributed by atoms with Gasteiger partial charge in [-0.2, -0.15) is 0 Å². The van der Waals surface area contributed by atoms with Crippen molar-refractivity contribution in [3.63, 3.8) is 0 Å². The second kappa shape index (κ2) is 8.42. The Morgan fingerprint density at radius 1 is 1.00 bits per heavy atom. The molecule has 1 aliphatic heterocycles. The summed E-state index contributed by atoms with van der Waals surface area (Å²) in [7, 11) is 0.541. The van der Waals surface area contributed by atoms with E-state index >= 15 is 0 Å². The second-order valence-corrected chi connectivity index (χ2v) is 9.34. The molecule has 0 spiro atoms. The van der Waals surface area contributed by atoms with Gasteiger partial charge in [-0.15, -0.1) is 0 Å². The van der Waals surface area contributed by atoms with Crippen molar-refractivity contribution in [2.45, 2.75) is 30.7 Å². The molecule has 0 amide bonds. The van der Waals surface area contributed by atoms with E-state index in [2.05, 4.69) is 33.9 Å². The van der Waals surface area contributed by atoms with E-state index in [1.165, 1.54) is 23.3 Å². The first kappa shape index (κ1) is 19.9. The fourth-order valence-corrected chi connectivity index (χ4v) is 4.72. The van der Waals surface area contributed by atoms with Gasteiger partial charge in [0.2, 0.25) is 10.0 Å². The minimum atomic E-state index is -3.50. The van der Waals surface area contributed by atoms with Crippen LogP contribution in [0.5, 0.6) is 0 Å². The van der Waals surface area contributed by atoms with Crippen molar-refractivity contribution in [2.24, 2.45) is 0 Å². The molecule has 6 heteroatoms. The number of nitrogens with zero attached hydrogens (tertiary/aromatic N) is 1. The van der Waals surface area contributed by atoms with Crippen LogP contribution in [0.1, 0.15) is 30.0 Å². The maximum Gasteiger partial charge on any atom is 0.240 e. The lowest BCUT2D eigenvalue weighted by molar-refractivity contribution is -0.918. The fraction of sp³-hybridized carbons (Fsp3) is 0.429. The number of hydrogen-bond donors (Lipinski definition) is 2. The van der Waals surface area contributed by atoms with Crippen molar-refractivity contribution >= 4 is 15.7 Å². The summed E-state index contributed by atoms with van der Waals surface area (Å²) in [6.45, 7) is 4.54. The Balaban J connectivity index is 1.78. The Kier molecular flexibility index (Phi) is 6.19. The Hall–Kier alpha value is -1.89. The zero-order valence-electron chi connectivity index (χ0n) is 16.4. The van der Waals surface area contributed by atoms with Gasteiger partial charge in [-0.1, -0.05) is 29.8 Å². The highest BCUT2D eigenvalue weighted by Crippen LogP contribution is 2.18. The van der Waals surface area contributed by atoms with Gasteiger partial charge in [0.15, 0.2) is 0 Å². The standard InChI is InChI=1S/C21H29N3O2S/c1-17-6-12-20(13-7-17)27(25,26)22-16-21(24-14-4-5-15-24)18-8-10-19(11-9-18)23(2)3/h6-13,21-22H,4-5,14-16H2,1-3H3/p+1/t21-/m1/s1. The van der Waals surface area contributed by atoms with E-state index in [1.54, 1.807) is 12.1 Å². The maximum atomic E-state index is 12.7. The van der Waals surface area contributed by atoms with Gasteiger partial charge in [0.25, 0.3) is 0 Å². The van der Waals surface area contributed by atoms with Crippen molar-refractivity contribution < 1.29 is 13.3 Å². The molecular weight excluding hydrogens is 358 g/mol. The summed E-state index contributed by atoms with van der Waals surface area (Å²) >= 11 is 0. The molecule has 0 saturated carbocycles. The number of rotatable bonds is 7. The average molecular weight is 389 g/mol. The van der Waals surface area contributed by atoms with Crippen LogP contribution < -0.4 is 14.5 Å². The SMILES string of the molecule is Cc1ccc(S(=O)(=O)NC[C@H](c2ccc(N(C)C)cc2)[NH+]2CCCC2)cc1. The van der Waals surface area contributed by atoms with E-state index in [1.807, 2.05) is 33.2 Å². The molecule has 146 valence electrons. The Bertz CT molecular complexity index is 840. The molecule has 0 aromatic heterocycles. The van der Waals surface area contributed by atoms with Crippen LogP contribution in [0.2, 0.25) is 0 Å². The summed E-state index contributed by atoms with van der Waals surface area (Å²) in [5, 5.41) is 0. The number of anilines is 1. The number of nitrogens with one attached hydrogen (secondary N) is 2.